The fourth-order valence-corrected chi connectivity index (χ4v) is 4.47. The Bertz CT molecular complexity index is 486. The molecule has 2 fully saturated rings. The first-order chi connectivity index (χ1) is 10.4. The molecule has 2 nitrogen and oxygen atoms in total. The average molecular weight is 285 g/mol. The second-order valence-corrected chi connectivity index (χ2v) is 7.18. The van der Waals surface area contributed by atoms with E-state index in [2.05, 4.69) is 29.6 Å². The summed E-state index contributed by atoms with van der Waals surface area (Å²) in [6, 6.07) is 8.91. The molecule has 3 aliphatic rings. The van der Waals surface area contributed by atoms with Gasteiger partial charge in [0, 0.05) is 5.54 Å². The first kappa shape index (κ1) is 13.8. The van der Waals surface area contributed by atoms with E-state index in [1.54, 1.807) is 0 Å². The van der Waals surface area contributed by atoms with Crippen molar-refractivity contribution in [1.29, 1.82) is 0 Å². The number of nitrogens with one attached hydrogen (secondary N) is 1. The van der Waals surface area contributed by atoms with Crippen molar-refractivity contribution in [3.8, 4) is 0 Å². The third-order valence-electron chi connectivity index (χ3n) is 5.78. The zero-order chi connectivity index (χ0) is 14.1. The Morgan fingerprint density at radius 2 is 2.05 bits per heavy atom. The van der Waals surface area contributed by atoms with Gasteiger partial charge >= 0.3 is 0 Å². The Kier molecular flexibility index (Phi) is 3.76. The van der Waals surface area contributed by atoms with E-state index in [-0.39, 0.29) is 0 Å². The first-order valence-corrected chi connectivity index (χ1v) is 8.82. The minimum atomic E-state index is 0.307. The van der Waals surface area contributed by atoms with E-state index >= 15 is 0 Å². The molecule has 4 rings (SSSR count). The van der Waals surface area contributed by atoms with Crippen LogP contribution in [0.15, 0.2) is 24.3 Å². The van der Waals surface area contributed by atoms with E-state index in [1.807, 2.05) is 0 Å². The third kappa shape index (κ3) is 2.76. The van der Waals surface area contributed by atoms with Gasteiger partial charge in [-0.3, -0.25) is 0 Å². The van der Waals surface area contributed by atoms with Gasteiger partial charge in [0.2, 0.25) is 0 Å². The van der Waals surface area contributed by atoms with Crippen LogP contribution in [0, 0.1) is 5.92 Å². The van der Waals surface area contributed by atoms with Crippen LogP contribution < -0.4 is 5.32 Å². The van der Waals surface area contributed by atoms with E-state index in [9.17, 15) is 0 Å². The lowest BCUT2D eigenvalue weighted by atomic mass is 9.80. The van der Waals surface area contributed by atoms with Crippen molar-refractivity contribution < 1.29 is 4.74 Å². The normalized spacial score (nSPS) is 33.2. The highest BCUT2D eigenvalue weighted by atomic mass is 16.5. The summed E-state index contributed by atoms with van der Waals surface area (Å²) >= 11 is 0. The summed E-state index contributed by atoms with van der Waals surface area (Å²) in [6.07, 6.45) is 10.9. The van der Waals surface area contributed by atoms with Crippen molar-refractivity contribution in [2.75, 3.05) is 13.2 Å². The summed E-state index contributed by atoms with van der Waals surface area (Å²) in [4.78, 5) is 0. The van der Waals surface area contributed by atoms with Gasteiger partial charge in [-0.1, -0.05) is 37.1 Å². The lowest BCUT2D eigenvalue weighted by Crippen LogP contribution is -2.48. The number of benzene rings is 1. The molecule has 1 aromatic carbocycles. The summed E-state index contributed by atoms with van der Waals surface area (Å²) in [5.41, 5.74) is 3.31. The van der Waals surface area contributed by atoms with Gasteiger partial charge in [0.05, 0.1) is 12.7 Å². The van der Waals surface area contributed by atoms with Crippen molar-refractivity contribution in [2.24, 2.45) is 5.92 Å². The summed E-state index contributed by atoms with van der Waals surface area (Å²) in [5, 5.41) is 3.96. The fourth-order valence-electron chi connectivity index (χ4n) is 4.47. The van der Waals surface area contributed by atoms with Crippen LogP contribution in [0.4, 0.5) is 0 Å². The van der Waals surface area contributed by atoms with Crippen LogP contribution in [-0.2, 0) is 11.2 Å². The van der Waals surface area contributed by atoms with Crippen LogP contribution in [0.5, 0.6) is 0 Å². The largest absolute Gasteiger partial charge is 0.373 e. The van der Waals surface area contributed by atoms with Gasteiger partial charge in [-0.05, 0) is 62.1 Å². The molecule has 2 heteroatoms. The zero-order valence-electron chi connectivity index (χ0n) is 12.9. The van der Waals surface area contributed by atoms with Crippen LogP contribution in [0.3, 0.4) is 0 Å². The summed E-state index contributed by atoms with van der Waals surface area (Å²) in [5.74, 6) is 0.897. The molecule has 1 aromatic rings. The molecule has 1 N–H and O–H groups in total. The lowest BCUT2D eigenvalue weighted by Gasteiger charge is -2.39. The van der Waals surface area contributed by atoms with Gasteiger partial charge in [0.1, 0.15) is 0 Å². The highest BCUT2D eigenvalue weighted by molar-refractivity contribution is 5.31. The minimum Gasteiger partial charge on any atom is -0.373 e. The number of rotatable bonds is 3. The number of fused-ring (bicyclic) bond motifs is 1. The predicted octanol–water partition coefficient (Wildman–Crippen LogP) is 4.00. The molecule has 1 saturated heterocycles. The quantitative estimate of drug-likeness (QED) is 0.906. The third-order valence-corrected chi connectivity index (χ3v) is 5.78. The molecular weight excluding hydrogens is 258 g/mol. The van der Waals surface area contributed by atoms with Gasteiger partial charge < -0.3 is 10.1 Å². The van der Waals surface area contributed by atoms with Gasteiger partial charge in [-0.15, -0.1) is 0 Å². The predicted molar refractivity (Wildman–Crippen MR) is 85.4 cm³/mol. The highest BCUT2D eigenvalue weighted by Crippen LogP contribution is 2.48. The van der Waals surface area contributed by atoms with Crippen molar-refractivity contribution in [2.45, 2.75) is 63.0 Å². The SMILES string of the molecule is c1ccc2c(c1)CCOC2CC1(C2CC2)CCCCCN1. The molecule has 2 aliphatic heterocycles. The minimum absolute atomic E-state index is 0.307. The molecular formula is C19H27NO. The fraction of sp³-hybridized carbons (Fsp3) is 0.684. The van der Waals surface area contributed by atoms with Crippen LogP contribution in [0.25, 0.3) is 0 Å². The Balaban J connectivity index is 1.59. The Labute approximate surface area is 128 Å². The molecule has 0 spiro atoms. The van der Waals surface area contributed by atoms with E-state index in [0.717, 1.165) is 18.9 Å². The maximum absolute atomic E-state index is 6.21. The Morgan fingerprint density at radius 1 is 1.14 bits per heavy atom. The second-order valence-electron chi connectivity index (χ2n) is 7.18. The Hall–Kier alpha value is -0.860. The standard InChI is InChI=1S/C19H27NO/c1-4-11-19(16-8-9-16,20-12-5-1)14-18-17-7-3-2-6-15(17)10-13-21-18/h2-3,6-7,16,18,20H,1,4-5,8-14H2. The van der Waals surface area contributed by atoms with E-state index < -0.39 is 0 Å². The molecule has 0 amide bonds. The molecule has 1 aliphatic carbocycles. The average Bonchev–Trinajstić information content (AvgIpc) is 3.35. The molecule has 2 unspecified atom stereocenters. The van der Waals surface area contributed by atoms with Gasteiger partial charge in [0.25, 0.3) is 0 Å². The van der Waals surface area contributed by atoms with Gasteiger partial charge in [-0.25, -0.2) is 0 Å². The summed E-state index contributed by atoms with van der Waals surface area (Å²) in [6.45, 7) is 2.09. The van der Waals surface area contributed by atoms with Crippen LogP contribution in [0.2, 0.25) is 0 Å². The van der Waals surface area contributed by atoms with E-state index in [4.69, 9.17) is 4.74 Å². The smallest absolute Gasteiger partial charge is 0.0845 e. The van der Waals surface area contributed by atoms with Gasteiger partial charge in [-0.2, -0.15) is 0 Å². The maximum Gasteiger partial charge on any atom is 0.0845 e. The Morgan fingerprint density at radius 3 is 2.95 bits per heavy atom. The highest BCUT2D eigenvalue weighted by Gasteiger charge is 2.46. The van der Waals surface area contributed by atoms with Crippen molar-refractivity contribution in [3.05, 3.63) is 35.4 Å². The van der Waals surface area contributed by atoms with Crippen LogP contribution >= 0.6 is 0 Å². The second kappa shape index (κ2) is 5.73. The zero-order valence-corrected chi connectivity index (χ0v) is 12.9. The number of ether oxygens (including phenoxy) is 1. The van der Waals surface area contributed by atoms with Crippen molar-refractivity contribution >= 4 is 0 Å². The number of hydrogen-bond acceptors (Lipinski definition) is 2. The molecule has 0 radical (unpaired) electrons. The maximum atomic E-state index is 6.21. The topological polar surface area (TPSA) is 21.3 Å². The first-order valence-electron chi connectivity index (χ1n) is 8.82. The molecule has 2 atom stereocenters. The lowest BCUT2D eigenvalue weighted by molar-refractivity contribution is 0.0101. The molecule has 0 bridgehead atoms. The molecule has 1 saturated carbocycles. The van der Waals surface area contributed by atoms with Crippen LogP contribution in [0.1, 0.15) is 62.2 Å². The monoisotopic (exact) mass is 285 g/mol. The number of hydrogen-bond donors (Lipinski definition) is 1. The molecule has 2 heterocycles. The molecule has 0 aromatic heterocycles. The summed E-state index contributed by atoms with van der Waals surface area (Å²) < 4.78 is 6.21. The van der Waals surface area contributed by atoms with E-state index in [0.29, 0.717) is 11.6 Å². The van der Waals surface area contributed by atoms with Crippen LogP contribution in [-0.4, -0.2) is 18.7 Å². The molecule has 114 valence electrons. The van der Waals surface area contributed by atoms with Gasteiger partial charge in [0.15, 0.2) is 0 Å². The van der Waals surface area contributed by atoms with Crippen molar-refractivity contribution in [3.63, 3.8) is 0 Å². The van der Waals surface area contributed by atoms with Crippen molar-refractivity contribution in [1.82, 2.24) is 5.32 Å². The summed E-state index contributed by atoms with van der Waals surface area (Å²) in [7, 11) is 0. The van der Waals surface area contributed by atoms with E-state index in [1.165, 1.54) is 62.6 Å². The molecule has 21 heavy (non-hydrogen) atoms.